The van der Waals surface area contributed by atoms with E-state index in [1.807, 2.05) is 13.8 Å². The van der Waals surface area contributed by atoms with E-state index < -0.39 is 45.0 Å². The summed E-state index contributed by atoms with van der Waals surface area (Å²) in [7, 11) is -3.91. The monoisotopic (exact) mass is 432 g/mol. The number of sulfonamides is 1. The van der Waals surface area contributed by atoms with Crippen molar-refractivity contribution in [2.24, 2.45) is 16.7 Å². The number of amides is 1. The number of fused-ring (bicyclic) bond motifs is 2. The van der Waals surface area contributed by atoms with Crippen molar-refractivity contribution < 1.29 is 31.2 Å². The minimum atomic E-state index is -4.48. The molecule has 0 saturated heterocycles. The standard InChI is InChI=1S/C19H23F3N2O4S/c1-17(2)13-7-8-18(17,15(25)9-13)11-29(27,28)23-10-16(26)24-14-5-3-12(4-6-14)19(20,21)22/h3-6,13,23H,7-11H2,1-2H3,(H,24,26). The van der Waals surface area contributed by atoms with Gasteiger partial charge in [0.2, 0.25) is 15.9 Å². The Morgan fingerprint density at radius 1 is 1.21 bits per heavy atom. The van der Waals surface area contributed by atoms with Crippen LogP contribution in [-0.2, 0) is 25.8 Å². The molecule has 2 atom stereocenters. The molecule has 1 aromatic carbocycles. The second kappa shape index (κ2) is 7.09. The Balaban J connectivity index is 1.59. The minimum Gasteiger partial charge on any atom is -0.325 e. The average molecular weight is 432 g/mol. The average Bonchev–Trinajstić information content (AvgIpc) is 2.94. The summed E-state index contributed by atoms with van der Waals surface area (Å²) in [6, 6.07) is 3.83. The van der Waals surface area contributed by atoms with Crippen LogP contribution in [0.15, 0.2) is 24.3 Å². The number of alkyl halides is 3. The van der Waals surface area contributed by atoms with Crippen LogP contribution in [0.3, 0.4) is 0 Å². The number of anilines is 1. The topological polar surface area (TPSA) is 92.3 Å². The maximum absolute atomic E-state index is 12.6. The maximum atomic E-state index is 12.6. The maximum Gasteiger partial charge on any atom is 0.416 e. The smallest absolute Gasteiger partial charge is 0.325 e. The van der Waals surface area contributed by atoms with E-state index in [-0.39, 0.29) is 23.1 Å². The van der Waals surface area contributed by atoms with E-state index >= 15 is 0 Å². The fraction of sp³-hybridized carbons (Fsp3) is 0.579. The molecule has 2 aliphatic rings. The first-order valence-corrected chi connectivity index (χ1v) is 10.9. The Bertz CT molecular complexity index is 926. The Labute approximate surface area is 167 Å². The molecule has 0 aromatic heterocycles. The lowest BCUT2D eigenvalue weighted by Crippen LogP contribution is -2.46. The Morgan fingerprint density at radius 3 is 2.31 bits per heavy atom. The van der Waals surface area contributed by atoms with Crippen LogP contribution < -0.4 is 10.0 Å². The lowest BCUT2D eigenvalue weighted by atomic mass is 9.70. The third kappa shape index (κ3) is 4.05. The number of nitrogens with one attached hydrogen (secondary N) is 2. The van der Waals surface area contributed by atoms with Crippen LogP contribution in [0.1, 0.15) is 38.7 Å². The molecule has 2 N–H and O–H groups in total. The zero-order valence-electron chi connectivity index (χ0n) is 16.1. The van der Waals surface area contributed by atoms with E-state index in [2.05, 4.69) is 10.0 Å². The highest BCUT2D eigenvalue weighted by atomic mass is 32.2. The molecular formula is C19H23F3N2O4S. The molecule has 0 spiro atoms. The normalized spacial score (nSPS) is 26.0. The highest BCUT2D eigenvalue weighted by Gasteiger charge is 2.65. The van der Waals surface area contributed by atoms with Crippen molar-refractivity contribution in [1.82, 2.24) is 4.72 Å². The lowest BCUT2D eigenvalue weighted by Gasteiger charge is -2.36. The van der Waals surface area contributed by atoms with Crippen molar-refractivity contribution in [2.75, 3.05) is 17.6 Å². The molecule has 10 heteroatoms. The quantitative estimate of drug-likeness (QED) is 0.723. The summed E-state index contributed by atoms with van der Waals surface area (Å²) in [6.45, 7) is 3.27. The second-order valence-corrected chi connectivity index (χ2v) is 10.2. The van der Waals surface area contributed by atoms with E-state index in [4.69, 9.17) is 0 Å². The highest BCUT2D eigenvalue weighted by molar-refractivity contribution is 7.89. The molecule has 1 aromatic rings. The van der Waals surface area contributed by atoms with Crippen molar-refractivity contribution in [3.63, 3.8) is 0 Å². The van der Waals surface area contributed by atoms with Crippen molar-refractivity contribution in [1.29, 1.82) is 0 Å². The van der Waals surface area contributed by atoms with Crippen molar-refractivity contribution in [3.8, 4) is 0 Å². The van der Waals surface area contributed by atoms with Gasteiger partial charge in [-0.3, -0.25) is 9.59 Å². The van der Waals surface area contributed by atoms with Gasteiger partial charge in [0.1, 0.15) is 5.78 Å². The van der Waals surface area contributed by atoms with E-state index in [1.165, 1.54) is 0 Å². The summed E-state index contributed by atoms with van der Waals surface area (Å²) in [5.74, 6) is -0.950. The number of carbonyl (C=O) groups excluding carboxylic acids is 2. The Hall–Kier alpha value is -1.94. The van der Waals surface area contributed by atoms with E-state index in [0.717, 1.165) is 30.7 Å². The second-order valence-electron chi connectivity index (χ2n) is 8.37. The lowest BCUT2D eigenvalue weighted by molar-refractivity contribution is -0.137. The zero-order chi connectivity index (χ0) is 21.7. The molecular weight excluding hydrogens is 409 g/mol. The number of hydrogen-bond donors (Lipinski definition) is 2. The molecule has 0 radical (unpaired) electrons. The molecule has 0 aliphatic heterocycles. The molecule has 2 fully saturated rings. The van der Waals surface area contributed by atoms with Crippen molar-refractivity contribution in [2.45, 2.75) is 39.3 Å². The van der Waals surface area contributed by atoms with Crippen molar-refractivity contribution >= 4 is 27.4 Å². The summed E-state index contributed by atoms with van der Waals surface area (Å²) >= 11 is 0. The van der Waals surface area contributed by atoms with Crippen LogP contribution >= 0.6 is 0 Å². The van der Waals surface area contributed by atoms with Gasteiger partial charge in [0, 0.05) is 17.5 Å². The molecule has 0 heterocycles. The summed E-state index contributed by atoms with van der Waals surface area (Å²) in [5, 5.41) is 2.34. The first kappa shape index (κ1) is 21.8. The highest BCUT2D eigenvalue weighted by Crippen LogP contribution is 2.64. The van der Waals surface area contributed by atoms with Crippen LogP contribution in [0.4, 0.5) is 18.9 Å². The van der Waals surface area contributed by atoms with Gasteiger partial charge in [-0.25, -0.2) is 13.1 Å². The fourth-order valence-electron chi connectivity index (χ4n) is 4.61. The summed E-state index contributed by atoms with van der Waals surface area (Å²) in [4.78, 5) is 24.5. The van der Waals surface area contributed by atoms with Gasteiger partial charge in [-0.2, -0.15) is 13.2 Å². The van der Waals surface area contributed by atoms with Gasteiger partial charge < -0.3 is 5.32 Å². The third-order valence-electron chi connectivity index (χ3n) is 6.52. The molecule has 3 rings (SSSR count). The summed E-state index contributed by atoms with van der Waals surface area (Å²) in [6.07, 6.45) is -2.77. The van der Waals surface area contributed by atoms with Gasteiger partial charge in [0.05, 0.1) is 17.9 Å². The number of rotatable bonds is 6. The van der Waals surface area contributed by atoms with Crippen LogP contribution in [-0.4, -0.2) is 32.4 Å². The van der Waals surface area contributed by atoms with E-state index in [1.54, 1.807) is 0 Å². The fourth-order valence-corrected chi connectivity index (χ4v) is 6.39. The minimum absolute atomic E-state index is 0.0432. The first-order valence-electron chi connectivity index (χ1n) is 9.25. The van der Waals surface area contributed by atoms with Gasteiger partial charge in [-0.1, -0.05) is 13.8 Å². The predicted octanol–water partition coefficient (Wildman–Crippen LogP) is 2.96. The van der Waals surface area contributed by atoms with Gasteiger partial charge in [0.25, 0.3) is 0 Å². The van der Waals surface area contributed by atoms with Crippen molar-refractivity contribution in [3.05, 3.63) is 29.8 Å². The number of benzene rings is 1. The predicted molar refractivity (Wildman–Crippen MR) is 100 cm³/mol. The largest absolute Gasteiger partial charge is 0.416 e. The van der Waals surface area contributed by atoms with E-state index in [9.17, 15) is 31.2 Å². The zero-order valence-corrected chi connectivity index (χ0v) is 16.9. The number of ketones is 1. The van der Waals surface area contributed by atoms with Gasteiger partial charge in [-0.15, -0.1) is 0 Å². The number of halogens is 3. The summed E-state index contributed by atoms with van der Waals surface area (Å²) in [5.41, 5.74) is -2.09. The molecule has 2 saturated carbocycles. The molecule has 160 valence electrons. The van der Waals surface area contributed by atoms with Gasteiger partial charge in [-0.05, 0) is 48.4 Å². The molecule has 29 heavy (non-hydrogen) atoms. The van der Waals surface area contributed by atoms with Crippen LogP contribution in [0.2, 0.25) is 0 Å². The first-order chi connectivity index (χ1) is 13.3. The number of carbonyl (C=O) groups is 2. The third-order valence-corrected chi connectivity index (χ3v) is 7.98. The Kier molecular flexibility index (Phi) is 5.32. The SMILES string of the molecule is CC1(C)C2CCC1(CS(=O)(=O)NCC(=O)Nc1ccc(C(F)(F)F)cc1)C(=O)C2. The molecule has 2 unspecified atom stereocenters. The van der Waals surface area contributed by atoms with Crippen LogP contribution in [0, 0.1) is 16.7 Å². The van der Waals surface area contributed by atoms with Crippen LogP contribution in [0.25, 0.3) is 0 Å². The van der Waals surface area contributed by atoms with E-state index in [0.29, 0.717) is 12.8 Å². The van der Waals surface area contributed by atoms with Gasteiger partial charge in [0.15, 0.2) is 0 Å². The molecule has 6 nitrogen and oxygen atoms in total. The van der Waals surface area contributed by atoms with Crippen LogP contribution in [0.5, 0.6) is 0 Å². The number of hydrogen-bond acceptors (Lipinski definition) is 4. The van der Waals surface area contributed by atoms with Gasteiger partial charge >= 0.3 is 6.18 Å². The molecule has 1 amide bonds. The number of Topliss-reactive ketones (excluding diaryl/α,β-unsaturated/α-hetero) is 1. The Morgan fingerprint density at radius 2 is 1.83 bits per heavy atom. The molecule has 2 aliphatic carbocycles. The molecule has 2 bridgehead atoms. The summed E-state index contributed by atoms with van der Waals surface area (Å²) < 4.78 is 65.0.